The number of aromatic nitrogens is 1. The van der Waals surface area contributed by atoms with Crippen LogP contribution in [0.15, 0.2) is 34.7 Å². The van der Waals surface area contributed by atoms with Crippen molar-refractivity contribution in [3.8, 4) is 10.4 Å². The molecule has 1 unspecified atom stereocenters. The molecule has 0 saturated carbocycles. The molecule has 5 nitrogen and oxygen atoms in total. The fourth-order valence-electron chi connectivity index (χ4n) is 2.80. The van der Waals surface area contributed by atoms with E-state index in [1.165, 1.54) is 16.4 Å². The molecule has 0 bridgehead atoms. The zero-order chi connectivity index (χ0) is 19.1. The van der Waals surface area contributed by atoms with Crippen LogP contribution in [0.2, 0.25) is 0 Å². The molecule has 142 valence electrons. The van der Waals surface area contributed by atoms with E-state index in [4.69, 9.17) is 0 Å². The van der Waals surface area contributed by atoms with Crippen LogP contribution in [0.3, 0.4) is 0 Å². The number of sulfonamides is 1. The second-order valence-corrected chi connectivity index (χ2v) is 9.57. The Balaban J connectivity index is 1.81. The maximum atomic E-state index is 12.8. The number of nitrogens with zero attached hydrogens (tertiary/aromatic N) is 3. The van der Waals surface area contributed by atoms with Gasteiger partial charge in [0.25, 0.3) is 10.0 Å². The van der Waals surface area contributed by atoms with Crippen LogP contribution in [-0.4, -0.2) is 55.8 Å². The maximum absolute atomic E-state index is 12.8. The normalized spacial score (nSPS) is 19.4. The van der Waals surface area contributed by atoms with Gasteiger partial charge in [-0.2, -0.15) is 17.5 Å². The number of halogens is 3. The average molecular weight is 405 g/mol. The highest BCUT2D eigenvalue weighted by Crippen LogP contribution is 2.34. The van der Waals surface area contributed by atoms with E-state index < -0.39 is 21.9 Å². The molecule has 1 aliphatic rings. The largest absolute Gasteiger partial charge is 0.433 e. The van der Waals surface area contributed by atoms with Crippen molar-refractivity contribution in [3.05, 3.63) is 36.2 Å². The van der Waals surface area contributed by atoms with Gasteiger partial charge in [-0.05, 0) is 44.8 Å². The number of hydrogen-bond donors (Lipinski definition) is 0. The van der Waals surface area contributed by atoms with E-state index in [1.807, 2.05) is 19.0 Å². The number of pyridine rings is 1. The third-order valence-electron chi connectivity index (χ3n) is 4.37. The zero-order valence-corrected chi connectivity index (χ0v) is 15.8. The number of likely N-dealkylation sites (N-methyl/N-ethyl adjacent to an activating group) is 1. The fraction of sp³-hybridized carbons (Fsp3) is 0.438. The highest BCUT2D eigenvalue weighted by atomic mass is 32.2. The molecule has 0 amide bonds. The monoisotopic (exact) mass is 405 g/mol. The van der Waals surface area contributed by atoms with Gasteiger partial charge in [-0.25, -0.2) is 8.42 Å². The SMILES string of the molecule is CN(C)C1CCN(S(=O)(=O)c2ccc(-c3ccc(C(F)(F)F)nc3)s2)C1. The topological polar surface area (TPSA) is 53.5 Å². The summed E-state index contributed by atoms with van der Waals surface area (Å²) >= 11 is 1.04. The van der Waals surface area contributed by atoms with Crippen molar-refractivity contribution in [2.75, 3.05) is 27.2 Å². The molecule has 0 spiro atoms. The van der Waals surface area contributed by atoms with Crippen molar-refractivity contribution in [2.24, 2.45) is 0 Å². The summed E-state index contributed by atoms with van der Waals surface area (Å²) in [5, 5.41) is 0. The summed E-state index contributed by atoms with van der Waals surface area (Å²) in [6.07, 6.45) is -2.61. The maximum Gasteiger partial charge on any atom is 0.433 e. The van der Waals surface area contributed by atoms with Gasteiger partial charge in [-0.1, -0.05) is 0 Å². The van der Waals surface area contributed by atoms with E-state index in [1.54, 1.807) is 6.07 Å². The molecule has 3 heterocycles. The molecule has 10 heteroatoms. The van der Waals surface area contributed by atoms with Gasteiger partial charge in [-0.3, -0.25) is 4.98 Å². The van der Waals surface area contributed by atoms with Crippen LogP contribution in [-0.2, 0) is 16.2 Å². The van der Waals surface area contributed by atoms with E-state index >= 15 is 0 Å². The Morgan fingerprint density at radius 3 is 2.50 bits per heavy atom. The minimum Gasteiger partial charge on any atom is -0.305 e. The zero-order valence-electron chi connectivity index (χ0n) is 14.2. The quantitative estimate of drug-likeness (QED) is 0.784. The summed E-state index contributed by atoms with van der Waals surface area (Å²) in [6, 6.07) is 5.47. The van der Waals surface area contributed by atoms with Crippen molar-refractivity contribution in [1.29, 1.82) is 0 Å². The van der Waals surface area contributed by atoms with Crippen molar-refractivity contribution < 1.29 is 21.6 Å². The lowest BCUT2D eigenvalue weighted by atomic mass is 10.2. The highest BCUT2D eigenvalue weighted by molar-refractivity contribution is 7.91. The summed E-state index contributed by atoms with van der Waals surface area (Å²) in [4.78, 5) is 5.99. The molecule has 0 N–H and O–H groups in total. The number of hydrogen-bond acceptors (Lipinski definition) is 5. The number of rotatable bonds is 4. The standard InChI is InChI=1S/C16H18F3N3O2S2/c1-21(2)12-7-8-22(10-12)26(23,24)15-6-4-13(25-15)11-3-5-14(20-9-11)16(17,18)19/h3-6,9,12H,7-8,10H2,1-2H3. The molecule has 3 rings (SSSR count). The Morgan fingerprint density at radius 2 is 1.96 bits per heavy atom. The minimum absolute atomic E-state index is 0.184. The highest BCUT2D eigenvalue weighted by Gasteiger charge is 2.34. The number of alkyl halides is 3. The summed E-state index contributed by atoms with van der Waals surface area (Å²) in [5.74, 6) is 0. The van der Waals surface area contributed by atoms with Gasteiger partial charge in [0.05, 0.1) is 0 Å². The Kier molecular flexibility index (Phi) is 5.13. The average Bonchev–Trinajstić information content (AvgIpc) is 3.24. The first-order chi connectivity index (χ1) is 12.1. The van der Waals surface area contributed by atoms with Gasteiger partial charge in [-0.15, -0.1) is 11.3 Å². The molecular formula is C16H18F3N3O2S2. The lowest BCUT2D eigenvalue weighted by Crippen LogP contribution is -2.34. The van der Waals surface area contributed by atoms with Gasteiger partial charge >= 0.3 is 6.18 Å². The smallest absolute Gasteiger partial charge is 0.305 e. The molecule has 26 heavy (non-hydrogen) atoms. The summed E-state index contributed by atoms with van der Waals surface area (Å²) in [6.45, 7) is 0.894. The third-order valence-corrected chi connectivity index (χ3v) is 7.84. The van der Waals surface area contributed by atoms with Crippen molar-refractivity contribution in [2.45, 2.75) is 22.8 Å². The Labute approximate surface area is 154 Å². The second kappa shape index (κ2) is 6.91. The van der Waals surface area contributed by atoms with Crippen LogP contribution in [0.4, 0.5) is 13.2 Å². The van der Waals surface area contributed by atoms with Gasteiger partial charge < -0.3 is 4.90 Å². The molecule has 0 aromatic carbocycles. The lowest BCUT2D eigenvalue weighted by molar-refractivity contribution is -0.141. The van der Waals surface area contributed by atoms with Gasteiger partial charge in [0.2, 0.25) is 0 Å². The molecular weight excluding hydrogens is 387 g/mol. The Bertz CT molecular complexity index is 877. The van der Waals surface area contributed by atoms with Crippen LogP contribution in [0, 0.1) is 0 Å². The van der Waals surface area contributed by atoms with E-state index in [0.29, 0.717) is 23.5 Å². The van der Waals surface area contributed by atoms with Crippen molar-refractivity contribution in [1.82, 2.24) is 14.2 Å². The first kappa shape index (κ1) is 19.3. The van der Waals surface area contributed by atoms with Crippen molar-refractivity contribution >= 4 is 21.4 Å². The van der Waals surface area contributed by atoms with E-state index in [0.717, 1.165) is 30.0 Å². The van der Waals surface area contributed by atoms with Gasteiger partial charge in [0.15, 0.2) is 0 Å². The molecule has 1 atom stereocenters. The summed E-state index contributed by atoms with van der Waals surface area (Å²) < 4.78 is 65.0. The van der Waals surface area contributed by atoms with Crippen LogP contribution in [0.25, 0.3) is 10.4 Å². The third kappa shape index (κ3) is 3.78. The molecule has 1 fully saturated rings. The van der Waals surface area contributed by atoms with Crippen LogP contribution in [0.1, 0.15) is 12.1 Å². The molecule has 1 aliphatic heterocycles. The van der Waals surface area contributed by atoms with Crippen molar-refractivity contribution in [3.63, 3.8) is 0 Å². The Hall–Kier alpha value is -1.49. The fourth-order valence-corrected chi connectivity index (χ4v) is 5.74. The summed E-state index contributed by atoms with van der Waals surface area (Å²) in [5.41, 5.74) is -0.519. The first-order valence-corrected chi connectivity index (χ1v) is 10.1. The van der Waals surface area contributed by atoms with Gasteiger partial charge in [0, 0.05) is 35.8 Å². The van der Waals surface area contributed by atoms with Crippen LogP contribution < -0.4 is 0 Å². The predicted octanol–water partition coefficient (Wildman–Crippen LogP) is 3.15. The van der Waals surface area contributed by atoms with Crippen LogP contribution in [0.5, 0.6) is 0 Å². The molecule has 0 radical (unpaired) electrons. The molecule has 2 aromatic heterocycles. The van der Waals surface area contributed by atoms with Gasteiger partial charge in [0.1, 0.15) is 9.90 Å². The number of thiophene rings is 1. The van der Waals surface area contributed by atoms with E-state index in [9.17, 15) is 21.6 Å². The Morgan fingerprint density at radius 1 is 1.23 bits per heavy atom. The molecule has 1 saturated heterocycles. The summed E-state index contributed by atoms with van der Waals surface area (Å²) in [7, 11) is 0.238. The lowest BCUT2D eigenvalue weighted by Gasteiger charge is -2.19. The molecule has 2 aromatic rings. The first-order valence-electron chi connectivity index (χ1n) is 7.89. The van der Waals surface area contributed by atoms with E-state index in [2.05, 4.69) is 4.98 Å². The van der Waals surface area contributed by atoms with Crippen LogP contribution >= 0.6 is 11.3 Å². The molecule has 0 aliphatic carbocycles. The second-order valence-electron chi connectivity index (χ2n) is 6.32. The van der Waals surface area contributed by atoms with E-state index in [-0.39, 0.29) is 10.3 Å². The minimum atomic E-state index is -4.50. The predicted molar refractivity (Wildman–Crippen MR) is 93.4 cm³/mol.